The minimum absolute atomic E-state index is 0.00650. The van der Waals surface area contributed by atoms with Gasteiger partial charge in [-0.2, -0.15) is 0 Å². The van der Waals surface area contributed by atoms with Gasteiger partial charge in [-0.15, -0.1) is 0 Å². The lowest BCUT2D eigenvalue weighted by molar-refractivity contribution is 0.0275. The summed E-state index contributed by atoms with van der Waals surface area (Å²) in [4.78, 5) is 17.8. The Morgan fingerprint density at radius 3 is 2.75 bits per heavy atom. The first-order valence-corrected chi connectivity index (χ1v) is 6.91. The summed E-state index contributed by atoms with van der Waals surface area (Å²) in [5.74, 6) is 0.742. The average molecular weight is 278 g/mol. The maximum absolute atomic E-state index is 11.9. The standard InChI is InChI=1S/C15H22N2O3/c1-11-5-6-12(9-16-11)19-13-7-8-17(10-13)14(18)20-15(2,3)4/h5-6,9,13H,7-8,10H2,1-4H3/t13-/m0/s1. The monoisotopic (exact) mass is 278 g/mol. The van der Waals surface area contributed by atoms with E-state index in [1.807, 2.05) is 39.8 Å². The van der Waals surface area contributed by atoms with E-state index in [4.69, 9.17) is 9.47 Å². The Bertz CT molecular complexity index is 465. The Labute approximate surface area is 119 Å². The van der Waals surface area contributed by atoms with Gasteiger partial charge in [0.15, 0.2) is 0 Å². The summed E-state index contributed by atoms with van der Waals surface area (Å²) in [6, 6.07) is 3.81. The Kier molecular flexibility index (Phi) is 4.16. The number of hydrogen-bond acceptors (Lipinski definition) is 4. The van der Waals surface area contributed by atoms with E-state index in [0.717, 1.165) is 17.9 Å². The summed E-state index contributed by atoms with van der Waals surface area (Å²) in [6.45, 7) is 8.76. The molecule has 0 unspecified atom stereocenters. The highest BCUT2D eigenvalue weighted by molar-refractivity contribution is 5.68. The fourth-order valence-corrected chi connectivity index (χ4v) is 2.03. The number of carbonyl (C=O) groups excluding carboxylic acids is 1. The lowest BCUT2D eigenvalue weighted by atomic mass is 10.2. The number of aromatic nitrogens is 1. The van der Waals surface area contributed by atoms with Crippen LogP contribution in [0.25, 0.3) is 0 Å². The van der Waals surface area contributed by atoms with E-state index in [1.165, 1.54) is 0 Å². The molecule has 0 saturated carbocycles. The smallest absolute Gasteiger partial charge is 0.410 e. The number of carbonyl (C=O) groups is 1. The van der Waals surface area contributed by atoms with Crippen molar-refractivity contribution in [1.29, 1.82) is 0 Å². The predicted octanol–water partition coefficient (Wildman–Crippen LogP) is 2.78. The van der Waals surface area contributed by atoms with Gasteiger partial charge in [0, 0.05) is 18.7 Å². The molecule has 2 rings (SSSR count). The minimum atomic E-state index is -0.461. The molecule has 1 amide bonds. The third-order valence-corrected chi connectivity index (χ3v) is 2.98. The Morgan fingerprint density at radius 2 is 2.15 bits per heavy atom. The molecule has 110 valence electrons. The number of nitrogens with zero attached hydrogens (tertiary/aromatic N) is 2. The number of likely N-dealkylation sites (tertiary alicyclic amines) is 1. The number of pyridine rings is 1. The Hall–Kier alpha value is -1.78. The second-order valence-electron chi connectivity index (χ2n) is 6.09. The zero-order valence-electron chi connectivity index (χ0n) is 12.5. The van der Waals surface area contributed by atoms with Crippen LogP contribution in [0.1, 0.15) is 32.9 Å². The van der Waals surface area contributed by atoms with Crippen LogP contribution in [-0.2, 0) is 4.74 Å². The molecule has 1 aliphatic heterocycles. The highest BCUT2D eigenvalue weighted by Gasteiger charge is 2.30. The molecule has 0 aliphatic carbocycles. The molecule has 1 fully saturated rings. The lowest BCUT2D eigenvalue weighted by Gasteiger charge is -2.24. The summed E-state index contributed by atoms with van der Waals surface area (Å²) in [7, 11) is 0. The largest absolute Gasteiger partial charge is 0.487 e. The molecule has 0 bridgehead atoms. The maximum Gasteiger partial charge on any atom is 0.410 e. The SMILES string of the molecule is Cc1ccc(O[C@H]2CCN(C(=O)OC(C)(C)C)C2)cn1. The molecule has 2 heterocycles. The molecule has 5 heteroatoms. The molecule has 1 saturated heterocycles. The van der Waals surface area contributed by atoms with Crippen molar-refractivity contribution >= 4 is 6.09 Å². The van der Waals surface area contributed by atoms with Crippen molar-refractivity contribution in [3.8, 4) is 5.75 Å². The summed E-state index contributed by atoms with van der Waals surface area (Å²) < 4.78 is 11.2. The van der Waals surface area contributed by atoms with Gasteiger partial charge >= 0.3 is 6.09 Å². The van der Waals surface area contributed by atoms with Gasteiger partial charge in [0.05, 0.1) is 12.7 Å². The average Bonchev–Trinajstić information content (AvgIpc) is 2.79. The molecule has 20 heavy (non-hydrogen) atoms. The van der Waals surface area contributed by atoms with Crippen LogP contribution in [0.3, 0.4) is 0 Å². The van der Waals surface area contributed by atoms with Gasteiger partial charge in [0.2, 0.25) is 0 Å². The second-order valence-corrected chi connectivity index (χ2v) is 6.09. The highest BCUT2D eigenvalue weighted by Crippen LogP contribution is 2.20. The molecule has 1 aromatic rings. The number of aryl methyl sites for hydroxylation is 1. The topological polar surface area (TPSA) is 51.7 Å². The van der Waals surface area contributed by atoms with Crippen LogP contribution >= 0.6 is 0 Å². The third-order valence-electron chi connectivity index (χ3n) is 2.98. The first-order valence-electron chi connectivity index (χ1n) is 6.91. The van der Waals surface area contributed by atoms with Gasteiger partial charge in [-0.1, -0.05) is 0 Å². The summed E-state index contributed by atoms with van der Waals surface area (Å²) in [5, 5.41) is 0. The van der Waals surface area contributed by atoms with Gasteiger partial charge in [0.25, 0.3) is 0 Å². The first-order chi connectivity index (χ1) is 9.33. The molecular weight excluding hydrogens is 256 g/mol. The van der Waals surface area contributed by atoms with Crippen molar-refractivity contribution in [2.75, 3.05) is 13.1 Å². The van der Waals surface area contributed by atoms with Gasteiger partial charge < -0.3 is 14.4 Å². The van der Waals surface area contributed by atoms with E-state index in [1.54, 1.807) is 11.1 Å². The molecule has 1 atom stereocenters. The van der Waals surface area contributed by atoms with Crippen LogP contribution < -0.4 is 4.74 Å². The Morgan fingerprint density at radius 1 is 1.40 bits per heavy atom. The van der Waals surface area contributed by atoms with Crippen LogP contribution in [-0.4, -0.2) is 40.8 Å². The normalized spacial score (nSPS) is 19.0. The first kappa shape index (κ1) is 14.6. The van der Waals surface area contributed by atoms with Crippen molar-refractivity contribution in [2.45, 2.75) is 45.8 Å². The molecule has 0 spiro atoms. The minimum Gasteiger partial charge on any atom is -0.487 e. The molecular formula is C15H22N2O3. The van der Waals surface area contributed by atoms with E-state index in [0.29, 0.717) is 13.1 Å². The third kappa shape index (κ3) is 4.11. The van der Waals surface area contributed by atoms with Gasteiger partial charge in [-0.25, -0.2) is 4.79 Å². The zero-order chi connectivity index (χ0) is 14.8. The van der Waals surface area contributed by atoms with Gasteiger partial charge in [-0.05, 0) is 39.8 Å². The quantitative estimate of drug-likeness (QED) is 0.834. The molecule has 5 nitrogen and oxygen atoms in total. The van der Waals surface area contributed by atoms with E-state index < -0.39 is 5.60 Å². The van der Waals surface area contributed by atoms with Crippen LogP contribution in [0.2, 0.25) is 0 Å². The predicted molar refractivity (Wildman–Crippen MR) is 75.8 cm³/mol. The van der Waals surface area contributed by atoms with Crippen molar-refractivity contribution in [2.24, 2.45) is 0 Å². The maximum atomic E-state index is 11.9. The summed E-state index contributed by atoms with van der Waals surface area (Å²) >= 11 is 0. The number of ether oxygens (including phenoxy) is 2. The zero-order valence-corrected chi connectivity index (χ0v) is 12.5. The van der Waals surface area contributed by atoms with Crippen molar-refractivity contribution in [1.82, 2.24) is 9.88 Å². The van der Waals surface area contributed by atoms with Crippen LogP contribution in [0.15, 0.2) is 18.3 Å². The van der Waals surface area contributed by atoms with E-state index in [9.17, 15) is 4.79 Å². The number of hydrogen-bond donors (Lipinski definition) is 0. The fraction of sp³-hybridized carbons (Fsp3) is 0.600. The van der Waals surface area contributed by atoms with Crippen molar-refractivity contribution in [3.63, 3.8) is 0 Å². The van der Waals surface area contributed by atoms with Crippen molar-refractivity contribution in [3.05, 3.63) is 24.0 Å². The Balaban J connectivity index is 1.86. The number of rotatable bonds is 2. The highest BCUT2D eigenvalue weighted by atomic mass is 16.6. The molecule has 1 aromatic heterocycles. The van der Waals surface area contributed by atoms with Crippen LogP contribution in [0, 0.1) is 6.92 Å². The molecule has 0 radical (unpaired) electrons. The second kappa shape index (κ2) is 5.69. The van der Waals surface area contributed by atoms with Crippen LogP contribution in [0.5, 0.6) is 5.75 Å². The van der Waals surface area contributed by atoms with Gasteiger partial charge in [0.1, 0.15) is 17.5 Å². The number of amides is 1. The molecule has 0 N–H and O–H groups in total. The fourth-order valence-electron chi connectivity index (χ4n) is 2.03. The van der Waals surface area contributed by atoms with E-state index in [-0.39, 0.29) is 12.2 Å². The lowest BCUT2D eigenvalue weighted by Crippen LogP contribution is -2.36. The van der Waals surface area contributed by atoms with E-state index >= 15 is 0 Å². The molecule has 0 aromatic carbocycles. The summed E-state index contributed by atoms with van der Waals surface area (Å²) in [5.41, 5.74) is 0.496. The molecule has 1 aliphatic rings. The van der Waals surface area contributed by atoms with E-state index in [2.05, 4.69) is 4.98 Å². The summed E-state index contributed by atoms with van der Waals surface area (Å²) in [6.07, 6.45) is 2.26. The van der Waals surface area contributed by atoms with Crippen molar-refractivity contribution < 1.29 is 14.3 Å². The van der Waals surface area contributed by atoms with Gasteiger partial charge in [-0.3, -0.25) is 4.98 Å². The van der Waals surface area contributed by atoms with Crippen LogP contribution in [0.4, 0.5) is 4.79 Å².